The number of nitrogens with zero attached hydrogens (tertiary/aromatic N) is 1. The lowest BCUT2D eigenvalue weighted by molar-refractivity contribution is 0.102. The molecular weight excluding hydrogens is 444 g/mol. The zero-order valence-corrected chi connectivity index (χ0v) is 18.1. The second-order valence-electron chi connectivity index (χ2n) is 6.87. The van der Waals surface area contributed by atoms with Crippen LogP contribution in [0.2, 0.25) is 0 Å². The summed E-state index contributed by atoms with van der Waals surface area (Å²) in [6.07, 6.45) is 1.59. The predicted molar refractivity (Wildman–Crippen MR) is 123 cm³/mol. The number of methoxy groups -OCH3 is 1. The third-order valence-corrected chi connectivity index (χ3v) is 5.45. The topological polar surface area (TPSA) is 60.3 Å². The molecule has 1 amide bonds. The minimum Gasteiger partial charge on any atom is -0.497 e. The van der Waals surface area contributed by atoms with Crippen molar-refractivity contribution in [1.82, 2.24) is 4.57 Å². The fourth-order valence-corrected chi connectivity index (χ4v) is 3.84. The standard InChI is InChI=1S/C24H19BrN2O3/c1-15-13-16(25)7-12-22(15)26-23(28)21-14-27(17-8-10-18(30-2)11-9-17)24(29)20-6-4-3-5-19(20)21/h3-14H,1-2H3,(H,26,28). The summed E-state index contributed by atoms with van der Waals surface area (Å²) in [5.41, 5.74) is 2.54. The number of carbonyl (C=O) groups excluding carboxylic acids is 1. The Morgan fingerprint density at radius 2 is 1.70 bits per heavy atom. The minimum atomic E-state index is -0.279. The fraction of sp³-hybridized carbons (Fsp3) is 0.0833. The van der Waals surface area contributed by atoms with Crippen LogP contribution in [0.15, 0.2) is 82.2 Å². The third-order valence-electron chi connectivity index (χ3n) is 4.96. The minimum absolute atomic E-state index is 0.188. The van der Waals surface area contributed by atoms with E-state index in [1.54, 1.807) is 55.8 Å². The number of halogens is 1. The number of aromatic nitrogens is 1. The quantitative estimate of drug-likeness (QED) is 0.446. The smallest absolute Gasteiger partial charge is 0.262 e. The van der Waals surface area contributed by atoms with Gasteiger partial charge in [-0.1, -0.05) is 34.1 Å². The van der Waals surface area contributed by atoms with Crippen LogP contribution >= 0.6 is 15.9 Å². The monoisotopic (exact) mass is 462 g/mol. The first-order valence-corrected chi connectivity index (χ1v) is 10.1. The van der Waals surface area contributed by atoms with Crippen LogP contribution in [0.1, 0.15) is 15.9 Å². The Kier molecular flexibility index (Phi) is 5.42. The first-order valence-electron chi connectivity index (χ1n) is 9.34. The summed E-state index contributed by atoms with van der Waals surface area (Å²) in [5, 5.41) is 4.06. The molecule has 6 heteroatoms. The highest BCUT2D eigenvalue weighted by atomic mass is 79.9. The first kappa shape index (κ1) is 19.9. The molecule has 1 aromatic heterocycles. The molecule has 0 fully saturated rings. The lowest BCUT2D eigenvalue weighted by Crippen LogP contribution is -2.22. The van der Waals surface area contributed by atoms with Gasteiger partial charge in [-0.05, 0) is 61.0 Å². The third kappa shape index (κ3) is 3.74. The van der Waals surface area contributed by atoms with Crippen molar-refractivity contribution in [2.75, 3.05) is 12.4 Å². The zero-order valence-electron chi connectivity index (χ0n) is 16.5. The van der Waals surface area contributed by atoms with Gasteiger partial charge in [0.25, 0.3) is 11.5 Å². The van der Waals surface area contributed by atoms with Crippen LogP contribution in [-0.2, 0) is 0 Å². The van der Waals surface area contributed by atoms with Gasteiger partial charge in [-0.2, -0.15) is 0 Å². The second kappa shape index (κ2) is 8.16. The second-order valence-corrected chi connectivity index (χ2v) is 7.79. The molecule has 150 valence electrons. The average molecular weight is 463 g/mol. The highest BCUT2D eigenvalue weighted by Gasteiger charge is 2.16. The maximum Gasteiger partial charge on any atom is 0.262 e. The number of rotatable bonds is 4. The number of ether oxygens (including phenoxy) is 1. The molecular formula is C24H19BrN2O3. The van der Waals surface area contributed by atoms with E-state index in [2.05, 4.69) is 21.2 Å². The van der Waals surface area contributed by atoms with Gasteiger partial charge in [-0.15, -0.1) is 0 Å². The SMILES string of the molecule is COc1ccc(-n2cc(C(=O)Nc3ccc(Br)cc3C)c3ccccc3c2=O)cc1. The Bertz CT molecular complexity index is 1310. The summed E-state index contributed by atoms with van der Waals surface area (Å²) < 4.78 is 7.63. The average Bonchev–Trinajstić information content (AvgIpc) is 2.76. The van der Waals surface area contributed by atoms with E-state index in [9.17, 15) is 9.59 Å². The van der Waals surface area contributed by atoms with Crippen molar-refractivity contribution in [3.8, 4) is 11.4 Å². The highest BCUT2D eigenvalue weighted by Crippen LogP contribution is 2.23. The largest absolute Gasteiger partial charge is 0.497 e. The van der Waals surface area contributed by atoms with Crippen molar-refractivity contribution in [2.45, 2.75) is 6.92 Å². The Labute approximate surface area is 182 Å². The van der Waals surface area contributed by atoms with Crippen LogP contribution in [-0.4, -0.2) is 17.6 Å². The number of amides is 1. The summed E-state index contributed by atoms with van der Waals surface area (Å²) in [7, 11) is 1.59. The molecule has 0 unspecified atom stereocenters. The number of anilines is 1. The summed E-state index contributed by atoms with van der Waals surface area (Å²) in [6, 6.07) is 19.9. The van der Waals surface area contributed by atoms with E-state index in [4.69, 9.17) is 4.74 Å². The van der Waals surface area contributed by atoms with Gasteiger partial charge in [0.05, 0.1) is 12.7 Å². The van der Waals surface area contributed by atoms with Gasteiger partial charge in [-0.3, -0.25) is 14.2 Å². The maximum atomic E-state index is 13.2. The molecule has 1 N–H and O–H groups in total. The summed E-state index contributed by atoms with van der Waals surface area (Å²) >= 11 is 3.43. The van der Waals surface area contributed by atoms with Crippen molar-refractivity contribution >= 4 is 38.3 Å². The molecule has 0 aliphatic heterocycles. The summed E-state index contributed by atoms with van der Waals surface area (Å²) in [5.74, 6) is 0.412. The molecule has 3 aromatic carbocycles. The van der Waals surface area contributed by atoms with Gasteiger partial charge in [0.15, 0.2) is 0 Å². The Morgan fingerprint density at radius 3 is 2.37 bits per heavy atom. The lowest BCUT2D eigenvalue weighted by Gasteiger charge is -2.14. The van der Waals surface area contributed by atoms with Gasteiger partial charge in [-0.25, -0.2) is 0 Å². The van der Waals surface area contributed by atoms with Crippen molar-refractivity contribution in [2.24, 2.45) is 0 Å². The van der Waals surface area contributed by atoms with E-state index in [1.165, 1.54) is 4.57 Å². The fourth-order valence-electron chi connectivity index (χ4n) is 3.36. The van der Waals surface area contributed by atoms with E-state index in [-0.39, 0.29) is 11.5 Å². The molecule has 0 atom stereocenters. The highest BCUT2D eigenvalue weighted by molar-refractivity contribution is 9.10. The Morgan fingerprint density at radius 1 is 1.00 bits per heavy atom. The van der Waals surface area contributed by atoms with Gasteiger partial charge < -0.3 is 10.1 Å². The molecule has 0 aliphatic rings. The number of hydrogen-bond donors (Lipinski definition) is 1. The van der Waals surface area contributed by atoms with Crippen molar-refractivity contribution in [1.29, 1.82) is 0 Å². The molecule has 0 radical (unpaired) electrons. The number of aryl methyl sites for hydroxylation is 1. The molecule has 0 aliphatic carbocycles. The molecule has 0 saturated carbocycles. The molecule has 4 rings (SSSR count). The van der Waals surface area contributed by atoms with Crippen molar-refractivity contribution in [3.05, 3.63) is 98.9 Å². The van der Waals surface area contributed by atoms with E-state index >= 15 is 0 Å². The molecule has 1 heterocycles. The maximum absolute atomic E-state index is 13.2. The van der Waals surface area contributed by atoms with Crippen LogP contribution in [0.5, 0.6) is 5.75 Å². The predicted octanol–water partition coefficient (Wildman–Crippen LogP) is 5.32. The van der Waals surface area contributed by atoms with Crippen LogP contribution < -0.4 is 15.6 Å². The van der Waals surface area contributed by atoms with E-state index in [1.807, 2.05) is 31.2 Å². The van der Waals surface area contributed by atoms with Crippen LogP contribution in [0.3, 0.4) is 0 Å². The molecule has 0 bridgehead atoms. The lowest BCUT2D eigenvalue weighted by atomic mass is 10.1. The summed E-state index contributed by atoms with van der Waals surface area (Å²) in [6.45, 7) is 1.93. The normalized spacial score (nSPS) is 10.8. The van der Waals surface area contributed by atoms with Crippen LogP contribution in [0.25, 0.3) is 16.5 Å². The number of hydrogen-bond acceptors (Lipinski definition) is 3. The van der Waals surface area contributed by atoms with Gasteiger partial charge >= 0.3 is 0 Å². The molecule has 0 spiro atoms. The molecule has 30 heavy (non-hydrogen) atoms. The Hall–Kier alpha value is -3.38. The first-order chi connectivity index (χ1) is 14.5. The number of pyridine rings is 1. The van der Waals surface area contributed by atoms with E-state index in [0.717, 1.165) is 15.7 Å². The molecule has 0 saturated heterocycles. The van der Waals surface area contributed by atoms with Gasteiger partial charge in [0.1, 0.15) is 5.75 Å². The number of fused-ring (bicyclic) bond motifs is 1. The van der Waals surface area contributed by atoms with Crippen LogP contribution in [0.4, 0.5) is 5.69 Å². The van der Waals surface area contributed by atoms with Crippen LogP contribution in [0, 0.1) is 6.92 Å². The van der Waals surface area contributed by atoms with Crippen molar-refractivity contribution in [3.63, 3.8) is 0 Å². The number of nitrogens with one attached hydrogen (secondary N) is 1. The number of benzene rings is 3. The van der Waals surface area contributed by atoms with Gasteiger partial charge in [0.2, 0.25) is 0 Å². The van der Waals surface area contributed by atoms with Gasteiger partial charge in [0, 0.05) is 32.8 Å². The van der Waals surface area contributed by atoms with Crippen molar-refractivity contribution < 1.29 is 9.53 Å². The molecule has 5 nitrogen and oxygen atoms in total. The van der Waals surface area contributed by atoms with E-state index < -0.39 is 0 Å². The molecule has 4 aromatic rings. The number of carbonyl (C=O) groups is 1. The Balaban J connectivity index is 1.85. The summed E-state index contributed by atoms with van der Waals surface area (Å²) in [4.78, 5) is 26.3. The zero-order chi connectivity index (χ0) is 21.3. The van der Waals surface area contributed by atoms with E-state index in [0.29, 0.717) is 27.8 Å².